The molecular weight excluding hydrogens is 422 g/mol. The van der Waals surface area contributed by atoms with E-state index in [4.69, 9.17) is 14.2 Å². The maximum Gasteiger partial charge on any atom is 0.231 e. The van der Waals surface area contributed by atoms with Gasteiger partial charge in [0.2, 0.25) is 12.7 Å². The maximum absolute atomic E-state index is 12.5. The second-order valence-electron chi connectivity index (χ2n) is 7.75. The van der Waals surface area contributed by atoms with Gasteiger partial charge in [-0.15, -0.1) is 5.10 Å². The van der Waals surface area contributed by atoms with Crippen LogP contribution < -0.4 is 19.5 Å². The molecule has 4 aromatic rings. The highest BCUT2D eigenvalue weighted by atomic mass is 16.7. The second kappa shape index (κ2) is 8.78. The lowest BCUT2D eigenvalue weighted by Gasteiger charge is -2.10. The molecular formula is C24H23N5O4. The first-order valence-electron chi connectivity index (χ1n) is 10.6. The van der Waals surface area contributed by atoms with E-state index in [0.717, 1.165) is 34.1 Å². The number of benzene rings is 2. The molecule has 33 heavy (non-hydrogen) atoms. The van der Waals surface area contributed by atoms with Gasteiger partial charge in [0.15, 0.2) is 23.0 Å². The van der Waals surface area contributed by atoms with Crippen LogP contribution in [0.2, 0.25) is 0 Å². The Bertz CT molecular complexity index is 1300. The Morgan fingerprint density at radius 2 is 1.97 bits per heavy atom. The third-order valence-electron chi connectivity index (χ3n) is 5.47. The molecule has 0 saturated carbocycles. The van der Waals surface area contributed by atoms with Crippen molar-refractivity contribution in [2.24, 2.45) is 0 Å². The number of hydrogen-bond donors (Lipinski definition) is 1. The number of hydrogen-bond acceptors (Lipinski definition) is 7. The van der Waals surface area contributed by atoms with Crippen LogP contribution >= 0.6 is 0 Å². The zero-order valence-electron chi connectivity index (χ0n) is 18.3. The topological polar surface area (TPSA) is 99.9 Å². The Labute approximate surface area is 190 Å². The van der Waals surface area contributed by atoms with E-state index < -0.39 is 0 Å². The molecule has 1 N–H and O–H groups in total. The molecule has 0 radical (unpaired) electrons. The number of ether oxygens (including phenoxy) is 3. The van der Waals surface area contributed by atoms with Crippen LogP contribution in [0.25, 0.3) is 16.9 Å². The Morgan fingerprint density at radius 1 is 1.15 bits per heavy atom. The fourth-order valence-electron chi connectivity index (χ4n) is 3.65. The molecule has 3 heterocycles. The minimum absolute atomic E-state index is 0.0731. The van der Waals surface area contributed by atoms with Gasteiger partial charge in [-0.2, -0.15) is 0 Å². The zero-order valence-corrected chi connectivity index (χ0v) is 18.3. The lowest BCUT2D eigenvalue weighted by atomic mass is 10.1. The highest BCUT2D eigenvalue weighted by molar-refractivity contribution is 5.76. The number of aryl methyl sites for hydroxylation is 1. The van der Waals surface area contributed by atoms with Gasteiger partial charge in [0, 0.05) is 18.1 Å². The summed E-state index contributed by atoms with van der Waals surface area (Å²) < 4.78 is 17.5. The zero-order chi connectivity index (χ0) is 22.8. The smallest absolute Gasteiger partial charge is 0.231 e. The van der Waals surface area contributed by atoms with E-state index in [1.165, 1.54) is 0 Å². The Hall–Kier alpha value is -4.14. The van der Waals surface area contributed by atoms with Crippen molar-refractivity contribution in [1.29, 1.82) is 0 Å². The lowest BCUT2D eigenvalue weighted by Crippen LogP contribution is -2.27. The van der Waals surface area contributed by atoms with Crippen molar-refractivity contribution < 1.29 is 19.0 Å². The van der Waals surface area contributed by atoms with Gasteiger partial charge in [-0.25, -0.2) is 14.5 Å². The summed E-state index contributed by atoms with van der Waals surface area (Å²) in [5.41, 5.74) is 3.41. The van der Waals surface area contributed by atoms with Crippen LogP contribution in [0.4, 0.5) is 0 Å². The maximum atomic E-state index is 12.5. The molecule has 1 aliphatic heterocycles. The van der Waals surface area contributed by atoms with Crippen molar-refractivity contribution in [3.05, 3.63) is 66.2 Å². The summed E-state index contributed by atoms with van der Waals surface area (Å²) in [4.78, 5) is 21.5. The molecule has 168 valence electrons. The van der Waals surface area contributed by atoms with Gasteiger partial charge in [0.1, 0.15) is 12.1 Å². The highest BCUT2D eigenvalue weighted by Crippen LogP contribution is 2.32. The molecule has 0 fully saturated rings. The molecule has 2 aromatic carbocycles. The van der Waals surface area contributed by atoms with Crippen LogP contribution in [0.3, 0.4) is 0 Å². The van der Waals surface area contributed by atoms with E-state index in [2.05, 4.69) is 20.4 Å². The van der Waals surface area contributed by atoms with Crippen molar-refractivity contribution in [3.63, 3.8) is 0 Å². The molecule has 9 nitrogen and oxygen atoms in total. The third-order valence-corrected chi connectivity index (χ3v) is 5.47. The normalized spacial score (nSPS) is 13.2. The fourth-order valence-corrected chi connectivity index (χ4v) is 3.65. The number of nitrogens with zero attached hydrogens (tertiary/aromatic N) is 4. The Morgan fingerprint density at radius 3 is 2.79 bits per heavy atom. The average molecular weight is 445 g/mol. The van der Waals surface area contributed by atoms with Crippen molar-refractivity contribution >= 4 is 11.6 Å². The SMILES string of the molecule is COc1ccc(-c2cc3nc(C(C)NC(=O)CCc4ccc5c(c4)OCO5)nn3cn2)cc1. The summed E-state index contributed by atoms with van der Waals surface area (Å²) in [6.07, 6.45) is 2.57. The van der Waals surface area contributed by atoms with Gasteiger partial charge in [-0.1, -0.05) is 6.07 Å². The predicted octanol–water partition coefficient (Wildman–Crippen LogP) is 3.34. The summed E-state index contributed by atoms with van der Waals surface area (Å²) in [7, 11) is 1.63. The van der Waals surface area contributed by atoms with Crippen molar-refractivity contribution in [2.75, 3.05) is 13.9 Å². The summed E-state index contributed by atoms with van der Waals surface area (Å²) in [5, 5.41) is 7.43. The van der Waals surface area contributed by atoms with E-state index in [0.29, 0.717) is 24.3 Å². The fraction of sp³-hybridized carbons (Fsp3) is 0.250. The van der Waals surface area contributed by atoms with Crippen LogP contribution in [-0.4, -0.2) is 39.4 Å². The molecule has 9 heteroatoms. The molecule has 1 amide bonds. The molecule has 1 atom stereocenters. The molecule has 5 rings (SSSR count). The van der Waals surface area contributed by atoms with Gasteiger partial charge in [0.05, 0.1) is 18.8 Å². The number of methoxy groups -OCH3 is 1. The van der Waals surface area contributed by atoms with Crippen LogP contribution in [0.15, 0.2) is 54.9 Å². The minimum atomic E-state index is -0.335. The van der Waals surface area contributed by atoms with E-state index >= 15 is 0 Å². The number of fused-ring (bicyclic) bond motifs is 2. The Balaban J connectivity index is 1.23. The Kier molecular flexibility index (Phi) is 5.52. The predicted molar refractivity (Wildman–Crippen MR) is 120 cm³/mol. The molecule has 0 aliphatic carbocycles. The summed E-state index contributed by atoms with van der Waals surface area (Å²) in [5.74, 6) is 2.70. The quantitative estimate of drug-likeness (QED) is 0.466. The first-order chi connectivity index (χ1) is 16.1. The molecule has 1 aliphatic rings. The van der Waals surface area contributed by atoms with Gasteiger partial charge >= 0.3 is 0 Å². The van der Waals surface area contributed by atoms with Gasteiger partial charge < -0.3 is 19.5 Å². The van der Waals surface area contributed by atoms with Crippen LogP contribution in [0, 0.1) is 0 Å². The summed E-state index contributed by atoms with van der Waals surface area (Å²) in [6.45, 7) is 2.10. The lowest BCUT2D eigenvalue weighted by molar-refractivity contribution is -0.121. The van der Waals surface area contributed by atoms with Gasteiger partial charge in [-0.3, -0.25) is 4.79 Å². The van der Waals surface area contributed by atoms with E-state index in [1.807, 2.05) is 55.5 Å². The number of carbonyl (C=O) groups excluding carboxylic acids is 1. The number of nitrogens with one attached hydrogen (secondary N) is 1. The number of carbonyl (C=O) groups is 1. The van der Waals surface area contributed by atoms with Crippen molar-refractivity contribution in [3.8, 4) is 28.5 Å². The molecule has 1 unspecified atom stereocenters. The largest absolute Gasteiger partial charge is 0.497 e. The van der Waals surface area contributed by atoms with Gasteiger partial charge in [0.25, 0.3) is 0 Å². The molecule has 0 spiro atoms. The van der Waals surface area contributed by atoms with E-state index in [9.17, 15) is 4.79 Å². The standard InChI is InChI=1S/C24H23N5O4/c1-15(26-23(30)10-4-16-3-9-20-21(11-16)33-14-32-20)24-27-22-12-19(25-13-29(22)28-24)17-5-7-18(31-2)8-6-17/h3,5-9,11-13,15H,4,10,14H2,1-2H3,(H,26,30). The summed E-state index contributed by atoms with van der Waals surface area (Å²) in [6, 6.07) is 14.9. The molecule has 2 aromatic heterocycles. The first-order valence-corrected chi connectivity index (χ1v) is 10.6. The monoisotopic (exact) mass is 445 g/mol. The third kappa shape index (κ3) is 4.43. The van der Waals surface area contributed by atoms with Crippen molar-refractivity contribution in [2.45, 2.75) is 25.8 Å². The van der Waals surface area contributed by atoms with E-state index in [-0.39, 0.29) is 18.7 Å². The van der Waals surface area contributed by atoms with Crippen LogP contribution in [0.1, 0.15) is 30.8 Å². The minimum Gasteiger partial charge on any atom is -0.497 e. The number of aromatic nitrogens is 4. The van der Waals surface area contributed by atoms with Crippen LogP contribution in [-0.2, 0) is 11.2 Å². The first kappa shape index (κ1) is 20.7. The average Bonchev–Trinajstić information content (AvgIpc) is 3.49. The van der Waals surface area contributed by atoms with Crippen LogP contribution in [0.5, 0.6) is 17.2 Å². The van der Waals surface area contributed by atoms with Crippen molar-refractivity contribution in [1.82, 2.24) is 24.9 Å². The van der Waals surface area contributed by atoms with Gasteiger partial charge in [-0.05, 0) is 55.3 Å². The number of amides is 1. The van der Waals surface area contributed by atoms with E-state index in [1.54, 1.807) is 18.0 Å². The second-order valence-corrected chi connectivity index (χ2v) is 7.75. The molecule has 0 saturated heterocycles. The number of rotatable bonds is 7. The molecule has 0 bridgehead atoms. The summed E-state index contributed by atoms with van der Waals surface area (Å²) >= 11 is 0. The highest BCUT2D eigenvalue weighted by Gasteiger charge is 2.17.